The van der Waals surface area contributed by atoms with E-state index in [9.17, 15) is 14.4 Å². The zero-order valence-electron chi connectivity index (χ0n) is 17.2. The van der Waals surface area contributed by atoms with Crippen LogP contribution in [-0.4, -0.2) is 36.4 Å². The second-order valence-corrected chi connectivity index (χ2v) is 6.82. The molecule has 0 aliphatic heterocycles. The van der Waals surface area contributed by atoms with Gasteiger partial charge >= 0.3 is 5.69 Å². The molecule has 158 valence electrons. The Balaban J connectivity index is 1.90. The molecule has 1 N–H and O–H groups in total. The predicted molar refractivity (Wildman–Crippen MR) is 109 cm³/mol. The van der Waals surface area contributed by atoms with Gasteiger partial charge in [-0.05, 0) is 32.4 Å². The van der Waals surface area contributed by atoms with Crippen molar-refractivity contribution in [3.63, 3.8) is 0 Å². The number of hydrogen-bond donors (Lipinski definition) is 1. The highest BCUT2D eigenvalue weighted by atomic mass is 16.5. The van der Waals surface area contributed by atoms with E-state index >= 15 is 0 Å². The molecule has 0 saturated heterocycles. The zero-order valence-corrected chi connectivity index (χ0v) is 17.2. The van der Waals surface area contributed by atoms with Crippen LogP contribution in [0.3, 0.4) is 0 Å². The summed E-state index contributed by atoms with van der Waals surface area (Å²) >= 11 is 0. The van der Waals surface area contributed by atoms with Crippen LogP contribution >= 0.6 is 0 Å². The van der Waals surface area contributed by atoms with E-state index in [4.69, 9.17) is 4.52 Å². The Morgan fingerprint density at radius 1 is 1.20 bits per heavy atom. The zero-order chi connectivity index (χ0) is 21.7. The molecule has 0 bridgehead atoms. The number of carbonyl (C=O) groups excluding carboxylic acids is 1. The van der Waals surface area contributed by atoms with Crippen LogP contribution in [0.4, 0.5) is 0 Å². The van der Waals surface area contributed by atoms with Crippen molar-refractivity contribution in [2.45, 2.75) is 52.6 Å². The standard InChI is InChI=1S/C20H24N6O4/c1-4-13(3)21-15(27)11-12-16-22-18(24-30-16)17-19(28)25(5-2)20(29)26(23-17)14-9-7-6-8-10-14/h6-10,13H,4-5,11-12H2,1-3H3,(H,21,27)/t13-/m0/s1. The summed E-state index contributed by atoms with van der Waals surface area (Å²) in [6.45, 7) is 5.77. The van der Waals surface area contributed by atoms with Gasteiger partial charge in [0.25, 0.3) is 5.56 Å². The van der Waals surface area contributed by atoms with Gasteiger partial charge in [0.2, 0.25) is 17.6 Å². The minimum absolute atomic E-state index is 0.0239. The van der Waals surface area contributed by atoms with Gasteiger partial charge in [-0.25, -0.2) is 4.79 Å². The molecule has 1 atom stereocenters. The molecular formula is C20H24N6O4. The number of nitrogens with zero attached hydrogens (tertiary/aromatic N) is 5. The third-order valence-corrected chi connectivity index (χ3v) is 4.64. The molecule has 1 amide bonds. The maximum absolute atomic E-state index is 12.7. The minimum Gasteiger partial charge on any atom is -0.354 e. The Labute approximate surface area is 172 Å². The lowest BCUT2D eigenvalue weighted by Crippen LogP contribution is -2.41. The number of aryl methyl sites for hydroxylation is 1. The van der Waals surface area contributed by atoms with Crippen molar-refractivity contribution in [1.82, 2.24) is 29.8 Å². The third-order valence-electron chi connectivity index (χ3n) is 4.64. The molecule has 10 heteroatoms. The quantitative estimate of drug-likeness (QED) is 0.591. The van der Waals surface area contributed by atoms with Crippen molar-refractivity contribution in [1.29, 1.82) is 0 Å². The lowest BCUT2D eigenvalue weighted by Gasteiger charge is -2.10. The molecule has 3 aromatic rings. The molecule has 30 heavy (non-hydrogen) atoms. The molecule has 0 radical (unpaired) electrons. The highest BCUT2D eigenvalue weighted by Gasteiger charge is 2.20. The maximum atomic E-state index is 12.7. The lowest BCUT2D eigenvalue weighted by atomic mass is 10.2. The van der Waals surface area contributed by atoms with Crippen LogP contribution in [0.2, 0.25) is 0 Å². The molecule has 1 aromatic carbocycles. The molecule has 0 saturated carbocycles. The summed E-state index contributed by atoms with van der Waals surface area (Å²) in [5.74, 6) is 0.0726. The van der Waals surface area contributed by atoms with Crippen LogP contribution in [0.15, 0.2) is 44.4 Å². The lowest BCUT2D eigenvalue weighted by molar-refractivity contribution is -0.121. The van der Waals surface area contributed by atoms with Crippen molar-refractivity contribution in [2.24, 2.45) is 0 Å². The van der Waals surface area contributed by atoms with Gasteiger partial charge in [0.05, 0.1) is 5.69 Å². The first-order valence-corrected chi connectivity index (χ1v) is 9.86. The summed E-state index contributed by atoms with van der Waals surface area (Å²) in [6, 6.07) is 8.85. The van der Waals surface area contributed by atoms with E-state index in [1.54, 1.807) is 31.2 Å². The summed E-state index contributed by atoms with van der Waals surface area (Å²) in [7, 11) is 0. The van der Waals surface area contributed by atoms with Gasteiger partial charge in [-0.2, -0.15) is 14.8 Å². The van der Waals surface area contributed by atoms with Gasteiger partial charge in [0.1, 0.15) is 0 Å². The first-order chi connectivity index (χ1) is 14.4. The summed E-state index contributed by atoms with van der Waals surface area (Å²) in [5.41, 5.74) is -0.741. The number of aromatic nitrogens is 5. The van der Waals surface area contributed by atoms with Gasteiger partial charge in [-0.3, -0.25) is 14.2 Å². The number of rotatable bonds is 8. The predicted octanol–water partition coefficient (Wildman–Crippen LogP) is 1.31. The Bertz CT molecular complexity index is 1130. The fourth-order valence-electron chi connectivity index (χ4n) is 2.79. The van der Waals surface area contributed by atoms with E-state index in [0.717, 1.165) is 15.7 Å². The summed E-state index contributed by atoms with van der Waals surface area (Å²) in [6.07, 6.45) is 1.25. The van der Waals surface area contributed by atoms with Crippen LogP contribution in [0, 0.1) is 0 Å². The highest BCUT2D eigenvalue weighted by Crippen LogP contribution is 2.11. The number of hydrogen-bond acceptors (Lipinski definition) is 7. The van der Waals surface area contributed by atoms with E-state index in [1.807, 2.05) is 19.9 Å². The van der Waals surface area contributed by atoms with Gasteiger partial charge in [-0.1, -0.05) is 30.3 Å². The van der Waals surface area contributed by atoms with E-state index in [-0.39, 0.29) is 48.7 Å². The third kappa shape index (κ3) is 4.53. The molecule has 0 spiro atoms. The van der Waals surface area contributed by atoms with Gasteiger partial charge in [-0.15, -0.1) is 0 Å². The Morgan fingerprint density at radius 3 is 2.60 bits per heavy atom. The second kappa shape index (κ2) is 9.29. The van der Waals surface area contributed by atoms with Crippen LogP contribution in [0.5, 0.6) is 0 Å². The van der Waals surface area contributed by atoms with Crippen molar-refractivity contribution in [3.8, 4) is 17.2 Å². The Morgan fingerprint density at radius 2 is 1.93 bits per heavy atom. The fraction of sp³-hybridized carbons (Fsp3) is 0.400. The first-order valence-electron chi connectivity index (χ1n) is 9.86. The van der Waals surface area contributed by atoms with Crippen molar-refractivity contribution in [3.05, 3.63) is 57.1 Å². The second-order valence-electron chi connectivity index (χ2n) is 6.82. The smallest absolute Gasteiger partial charge is 0.352 e. The number of para-hydroxylation sites is 1. The van der Waals surface area contributed by atoms with Crippen LogP contribution in [-0.2, 0) is 17.8 Å². The number of carbonyl (C=O) groups is 1. The number of nitrogens with one attached hydrogen (secondary N) is 1. The molecule has 0 aliphatic carbocycles. The highest BCUT2D eigenvalue weighted by molar-refractivity contribution is 5.76. The van der Waals surface area contributed by atoms with E-state index in [2.05, 4.69) is 20.6 Å². The van der Waals surface area contributed by atoms with E-state index < -0.39 is 11.2 Å². The summed E-state index contributed by atoms with van der Waals surface area (Å²) in [4.78, 5) is 41.5. The first kappa shape index (κ1) is 21.2. The van der Waals surface area contributed by atoms with Crippen LogP contribution in [0.25, 0.3) is 17.2 Å². The van der Waals surface area contributed by atoms with Gasteiger partial charge in [0.15, 0.2) is 5.69 Å². The van der Waals surface area contributed by atoms with E-state index in [1.165, 1.54) is 0 Å². The van der Waals surface area contributed by atoms with Crippen molar-refractivity contribution in [2.75, 3.05) is 0 Å². The largest absolute Gasteiger partial charge is 0.354 e. The van der Waals surface area contributed by atoms with E-state index in [0.29, 0.717) is 5.69 Å². The van der Waals surface area contributed by atoms with Crippen molar-refractivity contribution >= 4 is 5.91 Å². The molecule has 0 fully saturated rings. The molecule has 3 rings (SSSR count). The molecule has 2 heterocycles. The SMILES string of the molecule is CC[C@H](C)NC(=O)CCc1nc(-c2nn(-c3ccccc3)c(=O)n(CC)c2=O)no1. The minimum atomic E-state index is -0.600. The fourth-order valence-corrected chi connectivity index (χ4v) is 2.79. The van der Waals surface area contributed by atoms with Gasteiger partial charge in [0, 0.05) is 25.4 Å². The average Bonchev–Trinajstić information content (AvgIpc) is 3.22. The Hall–Kier alpha value is -3.56. The van der Waals surface area contributed by atoms with Crippen LogP contribution in [0.1, 0.15) is 39.5 Å². The number of amides is 1. The normalized spacial score (nSPS) is 12.0. The van der Waals surface area contributed by atoms with Crippen molar-refractivity contribution < 1.29 is 9.32 Å². The molecule has 2 aromatic heterocycles. The summed E-state index contributed by atoms with van der Waals surface area (Å²) < 4.78 is 7.38. The molecule has 10 nitrogen and oxygen atoms in total. The average molecular weight is 412 g/mol. The van der Waals surface area contributed by atoms with Gasteiger partial charge < -0.3 is 9.84 Å². The van der Waals surface area contributed by atoms with Crippen LogP contribution < -0.4 is 16.6 Å². The Kier molecular flexibility index (Phi) is 6.55. The maximum Gasteiger partial charge on any atom is 0.352 e. The monoisotopic (exact) mass is 412 g/mol. The molecule has 0 aliphatic rings. The topological polar surface area (TPSA) is 125 Å². The summed E-state index contributed by atoms with van der Waals surface area (Å²) in [5, 5.41) is 10.9. The molecule has 0 unspecified atom stereocenters. The molecular weight excluding hydrogens is 388 g/mol. The number of benzene rings is 1.